The van der Waals surface area contributed by atoms with Gasteiger partial charge < -0.3 is 20.6 Å². The van der Waals surface area contributed by atoms with Crippen LogP contribution in [0.5, 0.6) is 0 Å². The maximum atomic E-state index is 10.9. The number of halogens is 2. The zero-order chi connectivity index (χ0) is 16.2. The van der Waals surface area contributed by atoms with E-state index in [2.05, 4.69) is 4.98 Å². The zero-order valence-electron chi connectivity index (χ0n) is 11.5. The highest BCUT2D eigenvalue weighted by Gasteiger charge is 2.18. The molecule has 124 valence electrons. The minimum Gasteiger partial charge on any atom is -0.481 e. The number of aliphatic carboxylic acids is 1. The fourth-order valence-corrected chi connectivity index (χ4v) is 2.29. The highest BCUT2D eigenvalue weighted by molar-refractivity contribution is 7.50. The molecule has 22 heavy (non-hydrogen) atoms. The summed E-state index contributed by atoms with van der Waals surface area (Å²) in [7, 11) is -4.19. The number of carboxylic acid groups (broad SMARTS) is 1. The van der Waals surface area contributed by atoms with Gasteiger partial charge in [-0.2, -0.15) is 0 Å². The van der Waals surface area contributed by atoms with Crippen LogP contribution in [0.25, 0.3) is 11.0 Å². The second-order valence-electron chi connectivity index (χ2n) is 4.08. The van der Waals surface area contributed by atoms with Crippen molar-refractivity contribution in [2.24, 2.45) is 0 Å². The molecule has 0 aliphatic rings. The Morgan fingerprint density at radius 2 is 2.00 bits per heavy atom. The average Bonchev–Trinajstić information content (AvgIpc) is 2.64. The normalized spacial score (nSPS) is 10.5. The zero-order valence-corrected chi connectivity index (χ0v) is 14.0. The molecular formula is C11H16Cl2N3O5P. The van der Waals surface area contributed by atoms with Crippen LogP contribution in [-0.2, 0) is 15.6 Å². The Morgan fingerprint density at radius 1 is 1.45 bits per heavy atom. The van der Waals surface area contributed by atoms with Gasteiger partial charge in [-0.05, 0) is 18.2 Å². The summed E-state index contributed by atoms with van der Waals surface area (Å²) in [4.78, 5) is 31.2. The van der Waals surface area contributed by atoms with E-state index in [4.69, 9.17) is 32.2 Å². The van der Waals surface area contributed by atoms with Gasteiger partial charge in [-0.25, -0.2) is 4.98 Å². The lowest BCUT2D eigenvalue weighted by Gasteiger charge is -2.07. The van der Waals surface area contributed by atoms with Gasteiger partial charge >= 0.3 is 13.6 Å². The van der Waals surface area contributed by atoms with Gasteiger partial charge in [-0.15, -0.1) is 12.4 Å². The first-order chi connectivity index (χ1) is 9.64. The van der Waals surface area contributed by atoms with E-state index in [0.717, 1.165) is 0 Å². The second-order valence-corrected chi connectivity index (χ2v) is 6.13. The van der Waals surface area contributed by atoms with E-state index in [-0.39, 0.29) is 24.8 Å². The lowest BCUT2D eigenvalue weighted by Crippen LogP contribution is -2.03. The Labute approximate surface area is 137 Å². The third kappa shape index (κ3) is 6.21. The summed E-state index contributed by atoms with van der Waals surface area (Å²) in [6.07, 6.45) is -0.267. The van der Waals surface area contributed by atoms with Crippen molar-refractivity contribution >= 4 is 54.6 Å². The second kappa shape index (κ2) is 8.36. The SMILES string of the molecule is CCC(=O)O.Cl.Nc1nc2cc(Cl)ccc2n1CP(=O)(O)O. The lowest BCUT2D eigenvalue weighted by molar-refractivity contribution is -0.136. The number of hydrogen-bond acceptors (Lipinski definition) is 4. The molecule has 0 amide bonds. The summed E-state index contributed by atoms with van der Waals surface area (Å²) >= 11 is 5.77. The molecule has 2 rings (SSSR count). The van der Waals surface area contributed by atoms with E-state index in [0.29, 0.717) is 16.1 Å². The largest absolute Gasteiger partial charge is 0.481 e. The number of aromatic nitrogens is 2. The van der Waals surface area contributed by atoms with E-state index in [9.17, 15) is 9.36 Å². The Balaban J connectivity index is 0.000000644. The Hall–Kier alpha value is -1.31. The molecule has 0 aliphatic heterocycles. The summed E-state index contributed by atoms with van der Waals surface area (Å²) in [5.74, 6) is -0.689. The van der Waals surface area contributed by atoms with E-state index >= 15 is 0 Å². The number of benzene rings is 1. The minimum atomic E-state index is -4.19. The predicted octanol–water partition coefficient (Wildman–Crippen LogP) is 2.31. The molecule has 1 heterocycles. The molecule has 0 atom stereocenters. The molecule has 0 fully saturated rings. The van der Waals surface area contributed by atoms with Crippen molar-refractivity contribution < 1.29 is 24.3 Å². The summed E-state index contributed by atoms with van der Waals surface area (Å²) in [5.41, 5.74) is 6.63. The monoisotopic (exact) mass is 371 g/mol. The van der Waals surface area contributed by atoms with Gasteiger partial charge in [0, 0.05) is 11.4 Å². The number of hydrogen-bond donors (Lipinski definition) is 4. The maximum absolute atomic E-state index is 10.9. The Bertz CT molecular complexity index is 700. The number of rotatable bonds is 3. The molecule has 0 bridgehead atoms. The van der Waals surface area contributed by atoms with Gasteiger partial charge in [0.05, 0.1) is 11.0 Å². The molecule has 0 radical (unpaired) electrons. The molecule has 11 heteroatoms. The molecule has 0 spiro atoms. The predicted molar refractivity (Wildman–Crippen MR) is 86.4 cm³/mol. The number of nitrogen functional groups attached to an aromatic ring is 1. The van der Waals surface area contributed by atoms with Gasteiger partial charge in [0.1, 0.15) is 6.29 Å². The van der Waals surface area contributed by atoms with Crippen LogP contribution in [0, 0.1) is 0 Å². The smallest absolute Gasteiger partial charge is 0.345 e. The van der Waals surface area contributed by atoms with E-state index in [1.54, 1.807) is 25.1 Å². The molecule has 2 aromatic rings. The molecule has 0 aliphatic carbocycles. The summed E-state index contributed by atoms with van der Waals surface area (Å²) in [6.45, 7) is 1.60. The number of nitrogens with two attached hydrogens (primary N) is 1. The van der Waals surface area contributed by atoms with E-state index in [1.807, 2.05) is 0 Å². The molecule has 0 saturated carbocycles. The van der Waals surface area contributed by atoms with Crippen molar-refractivity contribution in [2.75, 3.05) is 5.73 Å². The average molecular weight is 372 g/mol. The van der Waals surface area contributed by atoms with Crippen LogP contribution in [0.4, 0.5) is 5.95 Å². The molecule has 1 aromatic carbocycles. The summed E-state index contributed by atoms with van der Waals surface area (Å²) in [6, 6.07) is 4.82. The number of imidazole rings is 1. The van der Waals surface area contributed by atoms with Crippen LogP contribution < -0.4 is 5.73 Å². The van der Waals surface area contributed by atoms with Crippen LogP contribution in [0.2, 0.25) is 5.02 Å². The van der Waals surface area contributed by atoms with Gasteiger partial charge in [0.25, 0.3) is 0 Å². The fraction of sp³-hybridized carbons (Fsp3) is 0.273. The first-order valence-corrected chi connectivity index (χ1v) is 7.99. The standard InChI is InChI=1S/C8H9ClN3O3P.C3H6O2.ClH/c9-5-1-2-7-6(3-5)11-8(10)12(7)4-16(13,14)15;1-2-3(4)5;/h1-3H,4H2,(H2,10,11)(H2,13,14,15);2H2,1H3,(H,4,5);1H. The number of nitrogens with zero attached hydrogens (tertiary/aromatic N) is 2. The minimum absolute atomic E-state index is 0. The topological polar surface area (TPSA) is 139 Å². The molecule has 5 N–H and O–H groups in total. The van der Waals surface area contributed by atoms with Crippen LogP contribution in [-0.4, -0.2) is 30.4 Å². The quantitative estimate of drug-likeness (QED) is 0.607. The third-order valence-corrected chi connectivity index (χ3v) is 3.25. The Morgan fingerprint density at radius 3 is 2.45 bits per heavy atom. The van der Waals surface area contributed by atoms with Crippen molar-refractivity contribution in [2.45, 2.75) is 19.6 Å². The molecule has 8 nitrogen and oxygen atoms in total. The first-order valence-electron chi connectivity index (χ1n) is 5.81. The highest BCUT2D eigenvalue weighted by Crippen LogP contribution is 2.38. The molecule has 1 aromatic heterocycles. The van der Waals surface area contributed by atoms with Gasteiger partial charge in [0.15, 0.2) is 0 Å². The van der Waals surface area contributed by atoms with Crippen LogP contribution >= 0.6 is 31.6 Å². The van der Waals surface area contributed by atoms with Crippen LogP contribution in [0.15, 0.2) is 18.2 Å². The molecule has 0 unspecified atom stereocenters. The van der Waals surface area contributed by atoms with Crippen molar-refractivity contribution in [1.29, 1.82) is 0 Å². The number of carbonyl (C=O) groups is 1. The first kappa shape index (κ1) is 20.7. The van der Waals surface area contributed by atoms with E-state index < -0.39 is 19.9 Å². The van der Waals surface area contributed by atoms with Gasteiger partial charge in [-0.1, -0.05) is 18.5 Å². The van der Waals surface area contributed by atoms with Crippen molar-refractivity contribution in [3.05, 3.63) is 23.2 Å². The van der Waals surface area contributed by atoms with Gasteiger partial charge in [0.2, 0.25) is 5.95 Å². The van der Waals surface area contributed by atoms with Crippen molar-refractivity contribution in [3.63, 3.8) is 0 Å². The summed E-state index contributed by atoms with van der Waals surface area (Å²) < 4.78 is 12.2. The van der Waals surface area contributed by atoms with Crippen molar-refractivity contribution in [1.82, 2.24) is 9.55 Å². The maximum Gasteiger partial charge on any atom is 0.345 e. The van der Waals surface area contributed by atoms with Crippen LogP contribution in [0.1, 0.15) is 13.3 Å². The Kier molecular flexibility index (Phi) is 7.86. The third-order valence-electron chi connectivity index (χ3n) is 2.37. The summed E-state index contributed by atoms with van der Waals surface area (Å²) in [5, 5.41) is 8.22. The number of anilines is 1. The lowest BCUT2D eigenvalue weighted by atomic mass is 10.3. The van der Waals surface area contributed by atoms with Gasteiger partial charge in [-0.3, -0.25) is 13.9 Å². The highest BCUT2D eigenvalue weighted by atomic mass is 35.5. The molecule has 0 saturated heterocycles. The fourth-order valence-electron chi connectivity index (χ4n) is 1.45. The number of carboxylic acids is 1. The molecular weight excluding hydrogens is 356 g/mol. The van der Waals surface area contributed by atoms with Crippen molar-refractivity contribution in [3.8, 4) is 0 Å². The van der Waals surface area contributed by atoms with E-state index in [1.165, 1.54) is 4.57 Å². The number of fused-ring (bicyclic) bond motifs is 1. The van der Waals surface area contributed by atoms with Crippen LogP contribution in [0.3, 0.4) is 0 Å².